The zero-order chi connectivity index (χ0) is 18.0. The fraction of sp³-hybridized carbons (Fsp3) is 0.650. The average molecular weight is 369 g/mol. The highest BCUT2D eigenvalue weighted by atomic mass is 35.5. The van der Waals surface area contributed by atoms with Gasteiger partial charge in [-0.25, -0.2) is 0 Å². The summed E-state index contributed by atoms with van der Waals surface area (Å²) in [6, 6.07) is 10.3. The number of nitrogens with one attached hydrogen (secondary N) is 1. The van der Waals surface area contributed by atoms with Gasteiger partial charge in [-0.3, -0.25) is 4.79 Å². The van der Waals surface area contributed by atoms with Crippen molar-refractivity contribution in [2.24, 2.45) is 16.6 Å². The average Bonchev–Trinajstić information content (AvgIpc) is 2.52. The summed E-state index contributed by atoms with van der Waals surface area (Å²) in [5.74, 6) is -0.0652. The molecule has 4 nitrogen and oxygen atoms in total. The molecule has 0 bridgehead atoms. The third-order valence-corrected chi connectivity index (χ3v) is 5.49. The molecule has 0 spiro atoms. The summed E-state index contributed by atoms with van der Waals surface area (Å²) in [6.45, 7) is 11.6. The Morgan fingerprint density at radius 1 is 1.32 bits per heavy atom. The number of hydrogen-bond donors (Lipinski definition) is 2. The Labute approximate surface area is 158 Å². The molecule has 1 aliphatic carbocycles. The minimum absolute atomic E-state index is 0. The van der Waals surface area contributed by atoms with Crippen molar-refractivity contribution >= 4 is 18.3 Å². The van der Waals surface area contributed by atoms with Gasteiger partial charge in [0.1, 0.15) is 5.54 Å². The van der Waals surface area contributed by atoms with E-state index in [9.17, 15) is 4.79 Å². The molecule has 3 N–H and O–H groups in total. The first-order chi connectivity index (χ1) is 11.1. The lowest BCUT2D eigenvalue weighted by molar-refractivity contribution is -0.170. The van der Waals surface area contributed by atoms with Crippen molar-refractivity contribution in [2.45, 2.75) is 59.1 Å². The third-order valence-electron chi connectivity index (χ3n) is 5.49. The highest BCUT2D eigenvalue weighted by Crippen LogP contribution is 2.49. The molecule has 25 heavy (non-hydrogen) atoms. The SMILES string of the molecule is CCOC1CC(N)(C(=O)NCC(C)(C)Cc2ccccc2)C1(C)C.Cl. The smallest absolute Gasteiger partial charge is 0.240 e. The van der Waals surface area contributed by atoms with Crippen LogP contribution in [0.4, 0.5) is 0 Å². The highest BCUT2D eigenvalue weighted by Gasteiger charge is 2.62. The number of carbonyl (C=O) groups excluding carboxylic acids is 1. The van der Waals surface area contributed by atoms with Crippen LogP contribution < -0.4 is 11.1 Å². The van der Waals surface area contributed by atoms with E-state index in [1.54, 1.807) is 0 Å². The van der Waals surface area contributed by atoms with E-state index >= 15 is 0 Å². The number of hydrogen-bond acceptors (Lipinski definition) is 3. The first-order valence-corrected chi connectivity index (χ1v) is 8.85. The van der Waals surface area contributed by atoms with Crippen LogP contribution in [-0.2, 0) is 16.0 Å². The van der Waals surface area contributed by atoms with Crippen LogP contribution in [0, 0.1) is 10.8 Å². The topological polar surface area (TPSA) is 64.3 Å². The molecule has 0 saturated heterocycles. The van der Waals surface area contributed by atoms with E-state index in [4.69, 9.17) is 10.5 Å². The summed E-state index contributed by atoms with van der Waals surface area (Å²) in [4.78, 5) is 12.7. The van der Waals surface area contributed by atoms with E-state index in [2.05, 4.69) is 31.3 Å². The first-order valence-electron chi connectivity index (χ1n) is 8.85. The molecule has 2 unspecified atom stereocenters. The van der Waals surface area contributed by atoms with Crippen molar-refractivity contribution in [3.8, 4) is 0 Å². The summed E-state index contributed by atoms with van der Waals surface area (Å²) < 4.78 is 5.70. The molecule has 0 aromatic heterocycles. The number of nitrogens with two attached hydrogens (primary N) is 1. The van der Waals surface area contributed by atoms with E-state index in [1.807, 2.05) is 39.0 Å². The van der Waals surface area contributed by atoms with Gasteiger partial charge in [0.15, 0.2) is 0 Å². The minimum Gasteiger partial charge on any atom is -0.378 e. The summed E-state index contributed by atoms with van der Waals surface area (Å²) in [7, 11) is 0. The van der Waals surface area contributed by atoms with Crippen molar-refractivity contribution in [1.82, 2.24) is 5.32 Å². The van der Waals surface area contributed by atoms with Crippen molar-refractivity contribution < 1.29 is 9.53 Å². The second-order valence-corrected chi connectivity index (χ2v) is 8.35. The molecule has 2 rings (SSSR count). The quantitative estimate of drug-likeness (QED) is 0.775. The minimum atomic E-state index is -0.852. The van der Waals surface area contributed by atoms with Crippen LogP contribution in [0.15, 0.2) is 30.3 Å². The van der Waals surface area contributed by atoms with Gasteiger partial charge in [-0.2, -0.15) is 0 Å². The van der Waals surface area contributed by atoms with Crippen molar-refractivity contribution in [1.29, 1.82) is 0 Å². The molecular weight excluding hydrogens is 336 g/mol. The Hall–Kier alpha value is -1.10. The normalized spacial score (nSPS) is 24.8. The van der Waals surface area contributed by atoms with E-state index in [0.29, 0.717) is 19.6 Å². The van der Waals surface area contributed by atoms with Crippen molar-refractivity contribution in [2.75, 3.05) is 13.2 Å². The molecule has 1 amide bonds. The molecule has 1 fully saturated rings. The number of benzene rings is 1. The van der Waals surface area contributed by atoms with Gasteiger partial charge in [0.05, 0.1) is 6.10 Å². The summed E-state index contributed by atoms with van der Waals surface area (Å²) in [5.41, 5.74) is 6.48. The molecule has 5 heteroatoms. The predicted molar refractivity (Wildman–Crippen MR) is 105 cm³/mol. The van der Waals surface area contributed by atoms with Crippen LogP contribution in [0.2, 0.25) is 0 Å². The largest absolute Gasteiger partial charge is 0.378 e. The van der Waals surface area contributed by atoms with Crippen LogP contribution in [0.25, 0.3) is 0 Å². The Bertz CT molecular complexity index is 574. The van der Waals surface area contributed by atoms with Gasteiger partial charge in [-0.05, 0) is 24.3 Å². The molecule has 0 radical (unpaired) electrons. The van der Waals surface area contributed by atoms with E-state index in [-0.39, 0.29) is 35.2 Å². The first kappa shape index (κ1) is 21.9. The molecule has 0 heterocycles. The monoisotopic (exact) mass is 368 g/mol. The van der Waals surface area contributed by atoms with Gasteiger partial charge >= 0.3 is 0 Å². The number of ether oxygens (including phenoxy) is 1. The molecule has 1 saturated carbocycles. The second kappa shape index (κ2) is 8.07. The third kappa shape index (κ3) is 4.55. The fourth-order valence-electron chi connectivity index (χ4n) is 3.51. The fourth-order valence-corrected chi connectivity index (χ4v) is 3.51. The van der Waals surface area contributed by atoms with Crippen molar-refractivity contribution in [3.63, 3.8) is 0 Å². The molecule has 1 aliphatic rings. The highest BCUT2D eigenvalue weighted by molar-refractivity contribution is 5.88. The second-order valence-electron chi connectivity index (χ2n) is 8.35. The molecule has 2 atom stereocenters. The van der Waals surface area contributed by atoms with E-state index in [1.165, 1.54) is 5.56 Å². The Morgan fingerprint density at radius 3 is 2.44 bits per heavy atom. The Morgan fingerprint density at radius 2 is 1.92 bits per heavy atom. The molecule has 0 aliphatic heterocycles. The van der Waals surface area contributed by atoms with Crippen LogP contribution in [0.3, 0.4) is 0 Å². The van der Waals surface area contributed by atoms with Crippen LogP contribution in [0.1, 0.15) is 46.6 Å². The zero-order valence-electron chi connectivity index (χ0n) is 16.1. The van der Waals surface area contributed by atoms with Gasteiger partial charge in [0.2, 0.25) is 5.91 Å². The van der Waals surface area contributed by atoms with Gasteiger partial charge in [-0.15, -0.1) is 12.4 Å². The predicted octanol–water partition coefficient (Wildman–Crippen LogP) is 3.33. The Balaban J connectivity index is 0.00000312. The van der Waals surface area contributed by atoms with Gasteiger partial charge in [0, 0.05) is 25.0 Å². The number of carbonyl (C=O) groups is 1. The van der Waals surface area contributed by atoms with Gasteiger partial charge in [-0.1, -0.05) is 58.0 Å². The zero-order valence-corrected chi connectivity index (χ0v) is 16.9. The summed E-state index contributed by atoms with van der Waals surface area (Å²) in [6.07, 6.45) is 1.55. The van der Waals surface area contributed by atoms with E-state index in [0.717, 1.165) is 6.42 Å². The van der Waals surface area contributed by atoms with Gasteiger partial charge in [0.25, 0.3) is 0 Å². The Kier molecular flexibility index (Phi) is 7.08. The van der Waals surface area contributed by atoms with E-state index < -0.39 is 5.54 Å². The molecule has 1 aromatic carbocycles. The summed E-state index contributed by atoms with van der Waals surface area (Å²) >= 11 is 0. The molecular formula is C20H33ClN2O2. The maximum Gasteiger partial charge on any atom is 0.240 e. The molecule has 1 aromatic rings. The lowest BCUT2D eigenvalue weighted by Crippen LogP contribution is -2.76. The maximum absolute atomic E-state index is 12.7. The maximum atomic E-state index is 12.7. The standard InChI is InChI=1S/C20H32N2O2.ClH/c1-6-24-16-13-20(21,19(16,4)5)17(23)22-14-18(2,3)12-15-10-8-7-9-11-15;/h7-11,16H,6,12-14,21H2,1-5H3,(H,22,23);1H. The number of halogens is 1. The lowest BCUT2D eigenvalue weighted by atomic mass is 9.54. The van der Waals surface area contributed by atoms with Gasteiger partial charge < -0.3 is 15.8 Å². The number of rotatable bonds is 7. The lowest BCUT2D eigenvalue weighted by Gasteiger charge is -2.57. The number of amides is 1. The van der Waals surface area contributed by atoms with Crippen LogP contribution in [0.5, 0.6) is 0 Å². The van der Waals surface area contributed by atoms with Crippen molar-refractivity contribution in [3.05, 3.63) is 35.9 Å². The summed E-state index contributed by atoms with van der Waals surface area (Å²) in [5, 5.41) is 3.08. The molecule has 142 valence electrons. The van der Waals surface area contributed by atoms with Crippen LogP contribution in [-0.4, -0.2) is 30.7 Å². The van der Waals surface area contributed by atoms with Crippen LogP contribution >= 0.6 is 12.4 Å².